The fourth-order valence-electron chi connectivity index (χ4n) is 2.96. The fraction of sp³-hybridized carbons (Fsp3) is 0.882. The Hall–Kier alpha value is -1.30. The first-order chi connectivity index (χ1) is 11.1. The van der Waals surface area contributed by atoms with Crippen LogP contribution in [0.1, 0.15) is 52.4 Å². The summed E-state index contributed by atoms with van der Waals surface area (Å²) in [6.07, 6.45) is 6.01. The summed E-state index contributed by atoms with van der Waals surface area (Å²) >= 11 is 0. The minimum Gasteiger partial charge on any atom is -0.469 e. The predicted octanol–water partition coefficient (Wildman–Crippen LogP) is 2.24. The Kier molecular flexibility index (Phi) is 9.67. The Morgan fingerprint density at radius 3 is 2.26 bits per heavy atom. The molecule has 0 saturated heterocycles. The SMILES string of the molecule is CCN(CC)CCN(CCC(=O)OC)C(=O)NC1CCCCC1. The molecule has 0 bridgehead atoms. The highest BCUT2D eigenvalue weighted by Gasteiger charge is 2.21. The highest BCUT2D eigenvalue weighted by molar-refractivity contribution is 5.76. The van der Waals surface area contributed by atoms with Crippen LogP contribution in [0.25, 0.3) is 0 Å². The number of ether oxygens (including phenoxy) is 1. The molecule has 0 aliphatic heterocycles. The number of carbonyl (C=O) groups excluding carboxylic acids is 2. The second-order valence-corrected chi connectivity index (χ2v) is 6.12. The lowest BCUT2D eigenvalue weighted by Gasteiger charge is -2.30. The first-order valence-corrected chi connectivity index (χ1v) is 8.95. The highest BCUT2D eigenvalue weighted by atomic mass is 16.5. The van der Waals surface area contributed by atoms with Gasteiger partial charge in [0.1, 0.15) is 0 Å². The van der Waals surface area contributed by atoms with Crippen LogP contribution in [0.2, 0.25) is 0 Å². The van der Waals surface area contributed by atoms with E-state index in [1.165, 1.54) is 26.4 Å². The van der Waals surface area contributed by atoms with Crippen molar-refractivity contribution in [1.82, 2.24) is 15.1 Å². The largest absolute Gasteiger partial charge is 0.469 e. The molecule has 0 aromatic heterocycles. The molecule has 1 aliphatic carbocycles. The van der Waals surface area contributed by atoms with Gasteiger partial charge in [0.05, 0.1) is 13.5 Å². The molecule has 1 N–H and O–H groups in total. The van der Waals surface area contributed by atoms with E-state index in [0.717, 1.165) is 32.5 Å². The van der Waals surface area contributed by atoms with Crippen molar-refractivity contribution >= 4 is 12.0 Å². The number of nitrogens with zero attached hydrogens (tertiary/aromatic N) is 2. The summed E-state index contributed by atoms with van der Waals surface area (Å²) in [7, 11) is 1.38. The third-order valence-corrected chi connectivity index (χ3v) is 4.61. The number of methoxy groups -OCH3 is 1. The number of likely N-dealkylation sites (N-methyl/N-ethyl adjacent to an activating group) is 1. The molecule has 2 amide bonds. The standard InChI is InChI=1S/C17H33N3O3/c1-4-19(5-2)13-14-20(12-11-16(21)23-3)17(22)18-15-9-7-6-8-10-15/h15H,4-14H2,1-3H3,(H,18,22). The third-order valence-electron chi connectivity index (χ3n) is 4.61. The fourth-order valence-corrected chi connectivity index (χ4v) is 2.96. The van der Waals surface area contributed by atoms with Crippen LogP contribution < -0.4 is 5.32 Å². The number of hydrogen-bond acceptors (Lipinski definition) is 4. The monoisotopic (exact) mass is 327 g/mol. The molecular formula is C17H33N3O3. The van der Waals surface area contributed by atoms with E-state index >= 15 is 0 Å². The zero-order valence-electron chi connectivity index (χ0n) is 15.0. The number of urea groups is 1. The average Bonchev–Trinajstić information content (AvgIpc) is 2.58. The summed E-state index contributed by atoms with van der Waals surface area (Å²) in [5.74, 6) is -0.275. The van der Waals surface area contributed by atoms with Crippen molar-refractivity contribution in [3.63, 3.8) is 0 Å². The van der Waals surface area contributed by atoms with Crippen LogP contribution in [-0.4, -0.2) is 67.7 Å². The number of hydrogen-bond donors (Lipinski definition) is 1. The van der Waals surface area contributed by atoms with Crippen LogP contribution in [0.15, 0.2) is 0 Å². The van der Waals surface area contributed by atoms with Gasteiger partial charge in [0.2, 0.25) is 0 Å². The molecule has 1 saturated carbocycles. The number of carbonyl (C=O) groups is 2. The number of rotatable bonds is 9. The molecule has 1 rings (SSSR count). The maximum atomic E-state index is 12.5. The van der Waals surface area contributed by atoms with Gasteiger partial charge in [-0.2, -0.15) is 0 Å². The van der Waals surface area contributed by atoms with E-state index in [9.17, 15) is 9.59 Å². The van der Waals surface area contributed by atoms with Gasteiger partial charge in [-0.3, -0.25) is 4.79 Å². The second-order valence-electron chi connectivity index (χ2n) is 6.12. The molecule has 0 radical (unpaired) electrons. The van der Waals surface area contributed by atoms with Crippen LogP contribution in [-0.2, 0) is 9.53 Å². The van der Waals surface area contributed by atoms with E-state index in [4.69, 9.17) is 4.74 Å². The van der Waals surface area contributed by atoms with Crippen molar-refractivity contribution in [2.24, 2.45) is 0 Å². The van der Waals surface area contributed by atoms with Crippen molar-refractivity contribution in [3.8, 4) is 0 Å². The number of nitrogens with one attached hydrogen (secondary N) is 1. The molecule has 0 unspecified atom stereocenters. The van der Waals surface area contributed by atoms with Crippen molar-refractivity contribution in [3.05, 3.63) is 0 Å². The normalized spacial score (nSPS) is 15.5. The summed E-state index contributed by atoms with van der Waals surface area (Å²) in [5, 5.41) is 3.14. The lowest BCUT2D eigenvalue weighted by Crippen LogP contribution is -2.48. The van der Waals surface area contributed by atoms with Gasteiger partial charge in [-0.05, 0) is 25.9 Å². The van der Waals surface area contributed by atoms with Crippen LogP contribution in [0, 0.1) is 0 Å². The molecule has 0 atom stereocenters. The topological polar surface area (TPSA) is 61.9 Å². The van der Waals surface area contributed by atoms with Crippen LogP contribution in [0.3, 0.4) is 0 Å². The van der Waals surface area contributed by atoms with Crippen molar-refractivity contribution in [2.45, 2.75) is 58.4 Å². The van der Waals surface area contributed by atoms with Crippen LogP contribution >= 0.6 is 0 Å². The maximum absolute atomic E-state index is 12.5. The summed E-state index contributed by atoms with van der Waals surface area (Å²) in [4.78, 5) is 28.0. The van der Waals surface area contributed by atoms with E-state index in [1.807, 2.05) is 0 Å². The maximum Gasteiger partial charge on any atom is 0.317 e. The van der Waals surface area contributed by atoms with Crippen molar-refractivity contribution < 1.29 is 14.3 Å². The molecule has 23 heavy (non-hydrogen) atoms. The molecule has 0 aromatic rings. The van der Waals surface area contributed by atoms with Gasteiger partial charge in [-0.25, -0.2) is 4.79 Å². The van der Waals surface area contributed by atoms with Crippen molar-refractivity contribution in [1.29, 1.82) is 0 Å². The van der Waals surface area contributed by atoms with Gasteiger partial charge in [-0.15, -0.1) is 0 Å². The molecular weight excluding hydrogens is 294 g/mol. The van der Waals surface area contributed by atoms with Gasteiger partial charge in [0.25, 0.3) is 0 Å². The number of esters is 1. The average molecular weight is 327 g/mol. The molecule has 0 spiro atoms. The Morgan fingerprint density at radius 1 is 1.04 bits per heavy atom. The first kappa shape index (κ1) is 19.7. The molecule has 0 heterocycles. The molecule has 6 nitrogen and oxygen atoms in total. The summed E-state index contributed by atoms with van der Waals surface area (Å²) in [6.45, 7) is 8.03. The molecule has 6 heteroatoms. The molecule has 0 aromatic carbocycles. The van der Waals surface area contributed by atoms with Gasteiger partial charge >= 0.3 is 12.0 Å². The minimum absolute atomic E-state index is 0.0482. The Balaban J connectivity index is 2.52. The van der Waals surface area contributed by atoms with Gasteiger partial charge < -0.3 is 19.9 Å². The van der Waals surface area contributed by atoms with E-state index in [2.05, 4.69) is 24.1 Å². The summed E-state index contributed by atoms with van der Waals surface area (Å²) in [6, 6.07) is 0.235. The Morgan fingerprint density at radius 2 is 1.70 bits per heavy atom. The van der Waals surface area contributed by atoms with Crippen molar-refractivity contribution in [2.75, 3.05) is 39.8 Å². The lowest BCUT2D eigenvalue weighted by atomic mass is 9.96. The van der Waals surface area contributed by atoms with E-state index in [0.29, 0.717) is 13.1 Å². The predicted molar refractivity (Wildman–Crippen MR) is 91.4 cm³/mol. The van der Waals surface area contributed by atoms with Gasteiger partial charge in [0.15, 0.2) is 0 Å². The summed E-state index contributed by atoms with van der Waals surface area (Å²) in [5.41, 5.74) is 0. The Labute approximate surface area is 140 Å². The van der Waals surface area contributed by atoms with E-state index in [-0.39, 0.29) is 24.5 Å². The van der Waals surface area contributed by atoms with E-state index in [1.54, 1.807) is 4.90 Å². The van der Waals surface area contributed by atoms with Crippen LogP contribution in [0.5, 0.6) is 0 Å². The lowest BCUT2D eigenvalue weighted by molar-refractivity contribution is -0.140. The second kappa shape index (κ2) is 11.3. The van der Waals surface area contributed by atoms with Gasteiger partial charge in [0, 0.05) is 25.7 Å². The zero-order chi connectivity index (χ0) is 17.1. The highest BCUT2D eigenvalue weighted by Crippen LogP contribution is 2.17. The molecule has 1 aliphatic rings. The van der Waals surface area contributed by atoms with Gasteiger partial charge in [-0.1, -0.05) is 33.1 Å². The molecule has 134 valence electrons. The zero-order valence-corrected chi connectivity index (χ0v) is 15.0. The Bertz CT molecular complexity index is 353. The molecule has 1 fully saturated rings. The number of amides is 2. The summed E-state index contributed by atoms with van der Waals surface area (Å²) < 4.78 is 4.69. The minimum atomic E-state index is -0.275. The first-order valence-electron chi connectivity index (χ1n) is 8.95. The van der Waals surface area contributed by atoms with E-state index < -0.39 is 0 Å². The quantitative estimate of drug-likeness (QED) is 0.660. The van der Waals surface area contributed by atoms with Crippen LogP contribution in [0.4, 0.5) is 4.79 Å². The third kappa shape index (κ3) is 7.68. The smallest absolute Gasteiger partial charge is 0.317 e.